The Morgan fingerprint density at radius 1 is 1.50 bits per heavy atom. The maximum Gasteiger partial charge on any atom is 0.317 e. The molecule has 3 amide bonds. The molecule has 0 radical (unpaired) electrons. The molecule has 1 saturated heterocycles. The number of rotatable bonds is 3. The molecule has 1 aromatic rings. The van der Waals surface area contributed by atoms with E-state index in [0.29, 0.717) is 18.1 Å². The number of amides is 3. The second-order valence-electron chi connectivity index (χ2n) is 5.07. The second kappa shape index (κ2) is 5.71. The van der Waals surface area contributed by atoms with Crippen LogP contribution in [0.25, 0.3) is 0 Å². The highest BCUT2D eigenvalue weighted by atomic mass is 35.5. The third kappa shape index (κ3) is 2.88. The normalized spacial score (nSPS) is 18.1. The average molecular weight is 296 g/mol. The Morgan fingerprint density at radius 2 is 2.20 bits per heavy atom. The first kappa shape index (κ1) is 14.7. The average Bonchev–Trinajstić information content (AvgIpc) is 2.68. The van der Waals surface area contributed by atoms with Gasteiger partial charge in [0.05, 0.1) is 0 Å². The monoisotopic (exact) mass is 295 g/mol. The minimum atomic E-state index is -0.466. The van der Waals surface area contributed by atoms with Crippen molar-refractivity contribution in [2.24, 2.45) is 0 Å². The molecule has 1 fully saturated rings. The number of likely N-dealkylation sites (N-methyl/N-ethyl adjacent to an activating group) is 1. The summed E-state index contributed by atoms with van der Waals surface area (Å²) in [6, 6.07) is 3.21. The van der Waals surface area contributed by atoms with Crippen LogP contribution in [-0.4, -0.2) is 36.5 Å². The topological polar surface area (TPSA) is 61.4 Å². The number of carbonyl (C=O) groups excluding carboxylic acids is 2. The highest BCUT2D eigenvalue weighted by molar-refractivity contribution is 6.31. The van der Waals surface area contributed by atoms with E-state index in [1.807, 2.05) is 26.0 Å². The van der Waals surface area contributed by atoms with Gasteiger partial charge in [0.1, 0.15) is 6.04 Å². The van der Waals surface area contributed by atoms with Crippen LogP contribution in [0.2, 0.25) is 5.02 Å². The third-order valence-corrected chi connectivity index (χ3v) is 3.88. The molecular weight excluding hydrogens is 278 g/mol. The molecule has 0 aliphatic carbocycles. The van der Waals surface area contributed by atoms with Crippen LogP contribution in [0, 0.1) is 13.8 Å². The Hall–Kier alpha value is -1.75. The molecule has 0 spiro atoms. The summed E-state index contributed by atoms with van der Waals surface area (Å²) in [5.41, 5.74) is 3.04. The highest BCUT2D eigenvalue weighted by Crippen LogP contribution is 2.21. The van der Waals surface area contributed by atoms with Gasteiger partial charge in [-0.15, -0.1) is 0 Å². The van der Waals surface area contributed by atoms with Crippen molar-refractivity contribution in [2.75, 3.05) is 13.6 Å². The van der Waals surface area contributed by atoms with E-state index in [4.69, 9.17) is 11.6 Å². The first-order valence-corrected chi connectivity index (χ1v) is 6.82. The molecule has 0 bridgehead atoms. The van der Waals surface area contributed by atoms with Gasteiger partial charge in [-0.05, 0) is 36.6 Å². The smallest absolute Gasteiger partial charge is 0.317 e. The van der Waals surface area contributed by atoms with E-state index in [2.05, 4.69) is 10.6 Å². The van der Waals surface area contributed by atoms with Crippen LogP contribution in [0.4, 0.5) is 4.79 Å². The van der Waals surface area contributed by atoms with Crippen LogP contribution >= 0.6 is 11.6 Å². The molecular formula is C14H18ClN3O2. The molecule has 1 atom stereocenters. The van der Waals surface area contributed by atoms with Gasteiger partial charge in [0.25, 0.3) is 0 Å². The predicted octanol–water partition coefficient (Wildman–Crippen LogP) is 1.60. The lowest BCUT2D eigenvalue weighted by atomic mass is 10.1. The Labute approximate surface area is 123 Å². The number of halogens is 1. The van der Waals surface area contributed by atoms with E-state index >= 15 is 0 Å². The fourth-order valence-corrected chi connectivity index (χ4v) is 2.71. The van der Waals surface area contributed by atoms with Crippen molar-refractivity contribution < 1.29 is 9.59 Å². The van der Waals surface area contributed by atoms with E-state index in [-0.39, 0.29) is 11.9 Å². The number of hydrogen-bond acceptors (Lipinski definition) is 2. The quantitative estimate of drug-likeness (QED) is 0.890. The van der Waals surface area contributed by atoms with E-state index in [1.165, 1.54) is 4.90 Å². The van der Waals surface area contributed by atoms with Crippen molar-refractivity contribution in [2.45, 2.75) is 26.4 Å². The van der Waals surface area contributed by atoms with Gasteiger partial charge >= 0.3 is 6.03 Å². The van der Waals surface area contributed by atoms with E-state index < -0.39 is 6.04 Å². The summed E-state index contributed by atoms with van der Waals surface area (Å²) < 4.78 is 0. The molecule has 20 heavy (non-hydrogen) atoms. The van der Waals surface area contributed by atoms with Crippen LogP contribution in [-0.2, 0) is 11.3 Å². The van der Waals surface area contributed by atoms with Gasteiger partial charge < -0.3 is 15.5 Å². The lowest BCUT2D eigenvalue weighted by molar-refractivity contribution is -0.124. The number of nitrogens with one attached hydrogen (secondary N) is 2. The number of benzene rings is 1. The molecule has 0 aromatic heterocycles. The number of aryl methyl sites for hydroxylation is 2. The summed E-state index contributed by atoms with van der Waals surface area (Å²) in [6.45, 7) is 4.64. The SMILES string of the molecule is Cc1cc(C)c(CNC(=O)C2CNC(=O)N2C)c(Cl)c1. The van der Waals surface area contributed by atoms with Crippen LogP contribution in [0.1, 0.15) is 16.7 Å². The molecule has 5 nitrogen and oxygen atoms in total. The van der Waals surface area contributed by atoms with Crippen LogP contribution < -0.4 is 10.6 Å². The summed E-state index contributed by atoms with van der Waals surface area (Å²) in [5.74, 6) is -0.179. The summed E-state index contributed by atoms with van der Waals surface area (Å²) in [5, 5.41) is 6.11. The predicted molar refractivity (Wildman–Crippen MR) is 77.7 cm³/mol. The maximum atomic E-state index is 12.1. The fraction of sp³-hybridized carbons (Fsp3) is 0.429. The highest BCUT2D eigenvalue weighted by Gasteiger charge is 2.32. The zero-order valence-corrected chi connectivity index (χ0v) is 12.5. The van der Waals surface area contributed by atoms with Gasteiger partial charge in [0, 0.05) is 25.2 Å². The molecule has 2 N–H and O–H groups in total. The number of carbonyl (C=O) groups is 2. The van der Waals surface area contributed by atoms with Gasteiger partial charge in [0.2, 0.25) is 5.91 Å². The first-order valence-electron chi connectivity index (χ1n) is 6.44. The van der Waals surface area contributed by atoms with Gasteiger partial charge in [-0.3, -0.25) is 4.79 Å². The number of nitrogens with zero attached hydrogens (tertiary/aromatic N) is 1. The number of hydrogen-bond donors (Lipinski definition) is 2. The van der Waals surface area contributed by atoms with Crippen LogP contribution in [0.5, 0.6) is 0 Å². The Balaban J connectivity index is 2.03. The first-order chi connectivity index (χ1) is 9.40. The Kier molecular flexibility index (Phi) is 4.18. The minimum Gasteiger partial charge on any atom is -0.350 e. The molecule has 1 aliphatic heterocycles. The largest absolute Gasteiger partial charge is 0.350 e. The molecule has 2 rings (SSSR count). The Morgan fingerprint density at radius 3 is 2.75 bits per heavy atom. The van der Waals surface area contributed by atoms with Gasteiger partial charge in [-0.1, -0.05) is 17.7 Å². The Bertz CT molecular complexity index is 536. The van der Waals surface area contributed by atoms with Crippen molar-refractivity contribution in [1.29, 1.82) is 0 Å². The molecule has 1 heterocycles. The molecule has 6 heteroatoms. The molecule has 1 aliphatic rings. The fourth-order valence-electron chi connectivity index (χ4n) is 2.32. The van der Waals surface area contributed by atoms with E-state index in [9.17, 15) is 9.59 Å². The zero-order valence-electron chi connectivity index (χ0n) is 11.8. The molecule has 108 valence electrons. The summed E-state index contributed by atoms with van der Waals surface area (Å²) in [6.07, 6.45) is 0. The van der Waals surface area contributed by atoms with Crippen molar-refractivity contribution in [3.63, 3.8) is 0 Å². The van der Waals surface area contributed by atoms with E-state index in [0.717, 1.165) is 16.7 Å². The molecule has 1 unspecified atom stereocenters. The number of urea groups is 1. The maximum absolute atomic E-state index is 12.1. The summed E-state index contributed by atoms with van der Waals surface area (Å²) in [4.78, 5) is 24.8. The van der Waals surface area contributed by atoms with Gasteiger partial charge in [-0.25, -0.2) is 4.79 Å². The zero-order chi connectivity index (χ0) is 14.9. The van der Waals surface area contributed by atoms with Crippen molar-refractivity contribution in [3.05, 3.63) is 33.8 Å². The molecule has 0 saturated carbocycles. The van der Waals surface area contributed by atoms with Gasteiger partial charge in [0.15, 0.2) is 0 Å². The lowest BCUT2D eigenvalue weighted by Crippen LogP contribution is -2.43. The van der Waals surface area contributed by atoms with Crippen molar-refractivity contribution in [3.8, 4) is 0 Å². The van der Waals surface area contributed by atoms with Crippen LogP contribution in [0.15, 0.2) is 12.1 Å². The summed E-state index contributed by atoms with van der Waals surface area (Å²) >= 11 is 6.20. The second-order valence-corrected chi connectivity index (χ2v) is 5.48. The minimum absolute atomic E-state index is 0.179. The van der Waals surface area contributed by atoms with E-state index in [1.54, 1.807) is 7.05 Å². The van der Waals surface area contributed by atoms with Gasteiger partial charge in [-0.2, -0.15) is 0 Å². The standard InChI is InChI=1S/C14H18ClN3O2/c1-8-4-9(2)10(11(15)5-8)6-16-13(19)12-7-17-14(20)18(12)3/h4-5,12H,6-7H2,1-3H3,(H,16,19)(H,17,20). The van der Waals surface area contributed by atoms with Crippen LogP contribution in [0.3, 0.4) is 0 Å². The third-order valence-electron chi connectivity index (χ3n) is 3.54. The summed E-state index contributed by atoms with van der Waals surface area (Å²) in [7, 11) is 1.61. The lowest BCUT2D eigenvalue weighted by Gasteiger charge is -2.18. The molecule has 1 aromatic carbocycles. The van der Waals surface area contributed by atoms with Crippen molar-refractivity contribution in [1.82, 2.24) is 15.5 Å². The van der Waals surface area contributed by atoms with Crippen molar-refractivity contribution >= 4 is 23.5 Å².